The van der Waals surface area contributed by atoms with Crippen molar-refractivity contribution >= 4 is 43.9 Å². The fraction of sp³-hybridized carbons (Fsp3) is 0.222. The number of thioether (sulfide) groups is 1. The van der Waals surface area contributed by atoms with Crippen molar-refractivity contribution in [1.29, 1.82) is 0 Å². The van der Waals surface area contributed by atoms with Crippen LogP contribution in [0.1, 0.15) is 13.8 Å². The second-order valence-corrected chi connectivity index (χ2v) is 10.3. The lowest BCUT2D eigenvalue weighted by Crippen LogP contribution is -2.45. The SMILES string of the molecule is CC(C)(CSc1nnc(Nc2ccccc2)s1)NS(=O)(=O)c1ccccc1. The van der Waals surface area contributed by atoms with Crippen LogP contribution < -0.4 is 10.0 Å². The highest BCUT2D eigenvalue weighted by molar-refractivity contribution is 8.01. The van der Waals surface area contributed by atoms with Crippen LogP contribution in [-0.2, 0) is 10.0 Å². The number of nitrogens with zero attached hydrogens (tertiary/aromatic N) is 2. The first-order valence-corrected chi connectivity index (χ1v) is 11.5. The minimum atomic E-state index is -3.57. The molecule has 0 atom stereocenters. The maximum absolute atomic E-state index is 12.5. The molecule has 0 aliphatic heterocycles. The van der Waals surface area contributed by atoms with Crippen molar-refractivity contribution in [3.05, 3.63) is 60.7 Å². The van der Waals surface area contributed by atoms with Crippen molar-refractivity contribution < 1.29 is 8.42 Å². The van der Waals surface area contributed by atoms with Gasteiger partial charge in [0.1, 0.15) is 0 Å². The molecule has 142 valence electrons. The molecule has 0 radical (unpaired) electrons. The Bertz CT molecular complexity index is 974. The smallest absolute Gasteiger partial charge is 0.241 e. The monoisotopic (exact) mass is 420 g/mol. The number of hydrogen-bond acceptors (Lipinski definition) is 7. The van der Waals surface area contributed by atoms with Gasteiger partial charge in [0.2, 0.25) is 15.2 Å². The molecule has 0 saturated heterocycles. The van der Waals surface area contributed by atoms with E-state index in [1.54, 1.807) is 30.3 Å². The molecule has 3 aromatic rings. The molecule has 0 spiro atoms. The van der Waals surface area contributed by atoms with Crippen LogP contribution in [0.15, 0.2) is 69.9 Å². The van der Waals surface area contributed by atoms with Gasteiger partial charge in [-0.1, -0.05) is 59.5 Å². The van der Waals surface area contributed by atoms with Crippen LogP contribution >= 0.6 is 23.1 Å². The van der Waals surface area contributed by atoms with E-state index in [1.807, 2.05) is 44.2 Å². The van der Waals surface area contributed by atoms with Gasteiger partial charge in [-0.25, -0.2) is 13.1 Å². The average Bonchev–Trinajstić information content (AvgIpc) is 3.08. The molecule has 1 aromatic heterocycles. The van der Waals surface area contributed by atoms with Crippen molar-refractivity contribution in [2.24, 2.45) is 0 Å². The molecule has 9 heteroatoms. The average molecular weight is 421 g/mol. The van der Waals surface area contributed by atoms with Crippen molar-refractivity contribution in [2.75, 3.05) is 11.1 Å². The third kappa shape index (κ3) is 5.77. The normalized spacial score (nSPS) is 12.1. The zero-order valence-corrected chi connectivity index (χ0v) is 17.4. The lowest BCUT2D eigenvalue weighted by atomic mass is 10.1. The third-order valence-electron chi connectivity index (χ3n) is 3.45. The first-order valence-electron chi connectivity index (χ1n) is 8.21. The van der Waals surface area contributed by atoms with Gasteiger partial charge in [-0.2, -0.15) is 0 Å². The molecule has 0 aliphatic rings. The summed E-state index contributed by atoms with van der Waals surface area (Å²) >= 11 is 2.91. The number of hydrogen-bond donors (Lipinski definition) is 2. The van der Waals surface area contributed by atoms with Gasteiger partial charge < -0.3 is 5.32 Å². The lowest BCUT2D eigenvalue weighted by molar-refractivity contribution is 0.498. The van der Waals surface area contributed by atoms with Crippen LogP contribution in [0.3, 0.4) is 0 Å². The number of aromatic nitrogens is 2. The van der Waals surface area contributed by atoms with E-state index in [1.165, 1.54) is 23.1 Å². The molecule has 2 N–H and O–H groups in total. The Kier molecular flexibility index (Phi) is 6.15. The number of sulfonamides is 1. The molecule has 1 heterocycles. The summed E-state index contributed by atoms with van der Waals surface area (Å²) in [5.41, 5.74) is 0.305. The summed E-state index contributed by atoms with van der Waals surface area (Å²) < 4.78 is 28.6. The summed E-state index contributed by atoms with van der Waals surface area (Å²) in [5.74, 6) is 0.527. The molecule has 0 bridgehead atoms. The van der Waals surface area contributed by atoms with Crippen molar-refractivity contribution in [3.8, 4) is 0 Å². The fourth-order valence-corrected chi connectivity index (χ4v) is 5.58. The molecule has 0 aliphatic carbocycles. The van der Waals surface area contributed by atoms with E-state index in [-0.39, 0.29) is 4.90 Å². The minimum absolute atomic E-state index is 0.258. The third-order valence-corrected chi connectivity index (χ3v) is 7.60. The van der Waals surface area contributed by atoms with Crippen LogP contribution in [0.25, 0.3) is 0 Å². The Morgan fingerprint density at radius 1 is 1.00 bits per heavy atom. The van der Waals surface area contributed by atoms with Gasteiger partial charge in [-0.15, -0.1) is 10.2 Å². The molecule has 2 aromatic carbocycles. The summed E-state index contributed by atoms with van der Waals surface area (Å²) in [6.45, 7) is 3.70. The first-order chi connectivity index (χ1) is 12.8. The second-order valence-electron chi connectivity index (χ2n) is 6.46. The van der Waals surface area contributed by atoms with E-state index < -0.39 is 15.6 Å². The summed E-state index contributed by atoms with van der Waals surface area (Å²) in [7, 11) is -3.57. The van der Waals surface area contributed by atoms with Crippen LogP contribution in [0.2, 0.25) is 0 Å². The number of nitrogens with one attached hydrogen (secondary N) is 2. The quantitative estimate of drug-likeness (QED) is 0.533. The number of rotatable bonds is 8. The molecule has 3 rings (SSSR count). The highest BCUT2D eigenvalue weighted by Gasteiger charge is 2.26. The summed E-state index contributed by atoms with van der Waals surface area (Å²) in [6.07, 6.45) is 0. The molecule has 0 amide bonds. The Morgan fingerprint density at radius 3 is 2.30 bits per heavy atom. The van der Waals surface area contributed by atoms with Gasteiger partial charge in [-0.05, 0) is 38.1 Å². The van der Waals surface area contributed by atoms with Gasteiger partial charge in [0.25, 0.3) is 0 Å². The standard InChI is InChI=1S/C18H20N4O2S3/c1-18(2,22-27(23,24)15-11-7-4-8-12-15)13-25-17-21-20-16(26-17)19-14-9-5-3-6-10-14/h3-12,22H,13H2,1-2H3,(H,19,20). The number of anilines is 2. The van der Waals surface area contributed by atoms with Crippen LogP contribution in [0.5, 0.6) is 0 Å². The van der Waals surface area contributed by atoms with E-state index in [4.69, 9.17) is 0 Å². The number of para-hydroxylation sites is 1. The minimum Gasteiger partial charge on any atom is -0.330 e. The summed E-state index contributed by atoms with van der Waals surface area (Å²) in [6, 6.07) is 18.1. The first kappa shape index (κ1) is 19.8. The Labute approximate surface area is 167 Å². The highest BCUT2D eigenvalue weighted by Crippen LogP contribution is 2.30. The van der Waals surface area contributed by atoms with E-state index in [9.17, 15) is 8.42 Å². The molecule has 27 heavy (non-hydrogen) atoms. The van der Waals surface area contributed by atoms with Gasteiger partial charge >= 0.3 is 0 Å². The topological polar surface area (TPSA) is 84.0 Å². The van der Waals surface area contributed by atoms with Gasteiger partial charge in [0, 0.05) is 17.0 Å². The van der Waals surface area contributed by atoms with E-state index >= 15 is 0 Å². The van der Waals surface area contributed by atoms with Crippen LogP contribution in [0, 0.1) is 0 Å². The number of benzene rings is 2. The van der Waals surface area contributed by atoms with Crippen molar-refractivity contribution in [1.82, 2.24) is 14.9 Å². The molecular weight excluding hydrogens is 400 g/mol. The largest absolute Gasteiger partial charge is 0.330 e. The Balaban J connectivity index is 1.59. The highest BCUT2D eigenvalue weighted by atomic mass is 32.2. The summed E-state index contributed by atoms with van der Waals surface area (Å²) in [4.78, 5) is 0.258. The fourth-order valence-electron chi connectivity index (χ4n) is 2.26. The molecule has 0 unspecified atom stereocenters. The Hall–Kier alpha value is -1.94. The van der Waals surface area contributed by atoms with Gasteiger partial charge in [0.05, 0.1) is 4.90 Å². The predicted octanol–water partition coefficient (Wildman–Crippen LogP) is 4.13. The zero-order valence-electron chi connectivity index (χ0n) is 14.9. The predicted molar refractivity (Wildman–Crippen MR) is 111 cm³/mol. The van der Waals surface area contributed by atoms with E-state index in [0.717, 1.165) is 10.0 Å². The van der Waals surface area contributed by atoms with E-state index in [2.05, 4.69) is 20.2 Å². The molecule has 0 saturated carbocycles. The van der Waals surface area contributed by atoms with Gasteiger partial charge in [-0.3, -0.25) is 0 Å². The van der Waals surface area contributed by atoms with Crippen molar-refractivity contribution in [3.63, 3.8) is 0 Å². The maximum Gasteiger partial charge on any atom is 0.241 e. The molecule has 0 fully saturated rings. The van der Waals surface area contributed by atoms with Crippen LogP contribution in [0.4, 0.5) is 10.8 Å². The molecular formula is C18H20N4O2S3. The zero-order chi connectivity index (χ0) is 19.3. The van der Waals surface area contributed by atoms with Crippen molar-refractivity contribution in [2.45, 2.75) is 28.6 Å². The van der Waals surface area contributed by atoms with Crippen LogP contribution in [-0.4, -0.2) is 29.9 Å². The second kappa shape index (κ2) is 8.39. The van der Waals surface area contributed by atoms with Gasteiger partial charge in [0.15, 0.2) is 4.34 Å². The summed E-state index contributed by atoms with van der Waals surface area (Å²) in [5, 5.41) is 12.2. The Morgan fingerprint density at radius 2 is 1.63 bits per heavy atom. The lowest BCUT2D eigenvalue weighted by Gasteiger charge is -2.25. The van der Waals surface area contributed by atoms with E-state index in [0.29, 0.717) is 10.9 Å². The molecule has 6 nitrogen and oxygen atoms in total. The maximum atomic E-state index is 12.5.